The first-order chi connectivity index (χ1) is 10.0. The lowest BCUT2D eigenvalue weighted by Crippen LogP contribution is -2.06. The number of aromatic nitrogens is 2. The van der Waals surface area contributed by atoms with E-state index in [0.29, 0.717) is 22.7 Å². The fraction of sp³-hybridized carbons (Fsp3) is 0.333. The number of nitrogen functional groups attached to an aromatic ring is 1. The molecule has 6 heteroatoms. The number of hydrogen-bond donors (Lipinski definition) is 1. The number of hydrogen-bond acceptors (Lipinski definition) is 5. The van der Waals surface area contributed by atoms with E-state index in [1.807, 2.05) is 38.1 Å². The van der Waals surface area contributed by atoms with Gasteiger partial charge in [-0.1, -0.05) is 12.1 Å². The number of ether oxygens (including phenoxy) is 2. The fourth-order valence-electron chi connectivity index (χ4n) is 1.86. The van der Waals surface area contributed by atoms with Gasteiger partial charge in [0.15, 0.2) is 5.82 Å². The molecule has 2 N–H and O–H groups in total. The zero-order valence-corrected chi connectivity index (χ0v) is 13.8. The second-order valence-electron chi connectivity index (χ2n) is 4.82. The van der Waals surface area contributed by atoms with Gasteiger partial charge in [-0.05, 0) is 41.9 Å². The Morgan fingerprint density at radius 2 is 2.05 bits per heavy atom. The van der Waals surface area contributed by atoms with Crippen molar-refractivity contribution in [1.29, 1.82) is 0 Å². The molecule has 0 aliphatic heterocycles. The number of anilines is 1. The normalized spacial score (nSPS) is 10.9. The van der Waals surface area contributed by atoms with E-state index in [1.54, 1.807) is 7.11 Å². The molecule has 0 aliphatic carbocycles. The van der Waals surface area contributed by atoms with Crippen molar-refractivity contribution in [2.24, 2.45) is 0 Å². The van der Waals surface area contributed by atoms with Crippen LogP contribution in [0.5, 0.6) is 5.75 Å². The Morgan fingerprint density at radius 1 is 1.29 bits per heavy atom. The highest BCUT2D eigenvalue weighted by molar-refractivity contribution is 9.10. The lowest BCUT2D eigenvalue weighted by atomic mass is 10.2. The summed E-state index contributed by atoms with van der Waals surface area (Å²) in [7, 11) is 1.61. The predicted octanol–water partition coefficient (Wildman–Crippen LogP) is 3.42. The van der Waals surface area contributed by atoms with E-state index in [2.05, 4.69) is 25.9 Å². The summed E-state index contributed by atoms with van der Waals surface area (Å²) in [6, 6.07) is 7.64. The van der Waals surface area contributed by atoms with Gasteiger partial charge in [0.1, 0.15) is 11.6 Å². The Bertz CT molecular complexity index is 632. The van der Waals surface area contributed by atoms with E-state index in [0.717, 1.165) is 17.0 Å². The van der Waals surface area contributed by atoms with Gasteiger partial charge >= 0.3 is 0 Å². The molecule has 1 heterocycles. The summed E-state index contributed by atoms with van der Waals surface area (Å²) in [5.74, 6) is 1.72. The minimum atomic E-state index is 0.111. The standard InChI is InChI=1S/C15H18BrN3O2/c1-9(2)21-11-6-4-5-10(7-11)15-18-12(8-20-3)13(16)14(17)19-15/h4-7,9H,8H2,1-3H3,(H2,17,18,19). The summed E-state index contributed by atoms with van der Waals surface area (Å²) in [5, 5.41) is 0. The topological polar surface area (TPSA) is 70.3 Å². The summed E-state index contributed by atoms with van der Waals surface area (Å²) in [5.41, 5.74) is 7.49. The van der Waals surface area contributed by atoms with Crippen LogP contribution in [0.1, 0.15) is 19.5 Å². The zero-order valence-electron chi connectivity index (χ0n) is 12.3. The Labute approximate surface area is 132 Å². The highest BCUT2D eigenvalue weighted by Gasteiger charge is 2.12. The molecule has 21 heavy (non-hydrogen) atoms. The van der Waals surface area contributed by atoms with Crippen LogP contribution in [0.25, 0.3) is 11.4 Å². The van der Waals surface area contributed by atoms with Crippen molar-refractivity contribution in [3.63, 3.8) is 0 Å². The fourth-order valence-corrected chi connectivity index (χ4v) is 2.15. The SMILES string of the molecule is COCc1nc(-c2cccc(OC(C)C)c2)nc(N)c1Br. The van der Waals surface area contributed by atoms with Crippen LogP contribution < -0.4 is 10.5 Å². The van der Waals surface area contributed by atoms with Gasteiger partial charge in [0, 0.05) is 12.7 Å². The smallest absolute Gasteiger partial charge is 0.162 e. The lowest BCUT2D eigenvalue weighted by Gasteiger charge is -2.12. The predicted molar refractivity (Wildman–Crippen MR) is 86.1 cm³/mol. The Hall–Kier alpha value is -1.66. The van der Waals surface area contributed by atoms with Crippen LogP contribution in [0, 0.1) is 0 Å². The summed E-state index contributed by atoms with van der Waals surface area (Å²) in [6.07, 6.45) is 0.111. The molecule has 5 nitrogen and oxygen atoms in total. The van der Waals surface area contributed by atoms with Gasteiger partial charge in [0.2, 0.25) is 0 Å². The van der Waals surface area contributed by atoms with Gasteiger partial charge in [0.05, 0.1) is 22.9 Å². The van der Waals surface area contributed by atoms with Crippen LogP contribution in [0.2, 0.25) is 0 Å². The van der Waals surface area contributed by atoms with Crippen LogP contribution >= 0.6 is 15.9 Å². The maximum atomic E-state index is 5.92. The van der Waals surface area contributed by atoms with Crippen molar-refractivity contribution >= 4 is 21.7 Å². The molecule has 2 aromatic rings. The molecule has 0 saturated carbocycles. The van der Waals surface area contributed by atoms with Crippen molar-refractivity contribution in [3.8, 4) is 17.1 Å². The summed E-state index contributed by atoms with van der Waals surface area (Å²) in [4.78, 5) is 8.81. The van der Waals surface area contributed by atoms with Gasteiger partial charge < -0.3 is 15.2 Å². The van der Waals surface area contributed by atoms with Crippen molar-refractivity contribution in [2.45, 2.75) is 26.6 Å². The quantitative estimate of drug-likeness (QED) is 0.893. The van der Waals surface area contributed by atoms with E-state index in [9.17, 15) is 0 Å². The number of nitrogens with zero attached hydrogens (tertiary/aromatic N) is 2. The Morgan fingerprint density at radius 3 is 2.71 bits per heavy atom. The van der Waals surface area contributed by atoms with E-state index >= 15 is 0 Å². The molecule has 0 aliphatic rings. The Balaban J connectivity index is 2.41. The molecule has 0 fully saturated rings. The van der Waals surface area contributed by atoms with Gasteiger partial charge in [0.25, 0.3) is 0 Å². The van der Waals surface area contributed by atoms with E-state index in [1.165, 1.54) is 0 Å². The molecular formula is C15H18BrN3O2. The van der Waals surface area contributed by atoms with E-state index in [-0.39, 0.29) is 6.10 Å². The van der Waals surface area contributed by atoms with Crippen LogP contribution in [-0.4, -0.2) is 23.2 Å². The summed E-state index contributed by atoms with van der Waals surface area (Å²) < 4.78 is 11.5. The monoisotopic (exact) mass is 351 g/mol. The van der Waals surface area contributed by atoms with Crippen molar-refractivity contribution in [2.75, 3.05) is 12.8 Å². The molecule has 0 unspecified atom stereocenters. The third kappa shape index (κ3) is 3.92. The number of methoxy groups -OCH3 is 1. The molecule has 112 valence electrons. The Kier molecular flexibility index (Phi) is 5.14. The van der Waals surface area contributed by atoms with Gasteiger partial charge in [-0.25, -0.2) is 9.97 Å². The molecule has 0 spiro atoms. The van der Waals surface area contributed by atoms with Crippen molar-refractivity contribution in [1.82, 2.24) is 9.97 Å². The third-order valence-electron chi connectivity index (χ3n) is 2.69. The second-order valence-corrected chi connectivity index (χ2v) is 5.61. The van der Waals surface area contributed by atoms with Crippen LogP contribution in [0.15, 0.2) is 28.7 Å². The maximum absolute atomic E-state index is 5.92. The molecule has 0 atom stereocenters. The van der Waals surface area contributed by atoms with E-state index < -0.39 is 0 Å². The maximum Gasteiger partial charge on any atom is 0.162 e. The number of halogens is 1. The largest absolute Gasteiger partial charge is 0.491 e. The number of nitrogens with two attached hydrogens (primary N) is 1. The van der Waals surface area contributed by atoms with Gasteiger partial charge in [-0.15, -0.1) is 0 Å². The van der Waals surface area contributed by atoms with E-state index in [4.69, 9.17) is 15.2 Å². The number of benzene rings is 1. The molecule has 1 aromatic heterocycles. The van der Waals surface area contributed by atoms with Gasteiger partial charge in [-0.2, -0.15) is 0 Å². The summed E-state index contributed by atoms with van der Waals surface area (Å²) >= 11 is 3.38. The van der Waals surface area contributed by atoms with Crippen LogP contribution in [0.3, 0.4) is 0 Å². The second kappa shape index (κ2) is 6.87. The highest BCUT2D eigenvalue weighted by Crippen LogP contribution is 2.27. The minimum absolute atomic E-state index is 0.111. The molecule has 2 rings (SSSR count). The zero-order chi connectivity index (χ0) is 15.4. The van der Waals surface area contributed by atoms with Gasteiger partial charge in [-0.3, -0.25) is 0 Å². The third-order valence-corrected chi connectivity index (χ3v) is 3.55. The lowest BCUT2D eigenvalue weighted by molar-refractivity contribution is 0.181. The van der Waals surface area contributed by atoms with Crippen LogP contribution in [-0.2, 0) is 11.3 Å². The highest BCUT2D eigenvalue weighted by atomic mass is 79.9. The van der Waals surface area contributed by atoms with Crippen molar-refractivity contribution in [3.05, 3.63) is 34.4 Å². The molecule has 0 radical (unpaired) electrons. The first-order valence-corrected chi connectivity index (χ1v) is 7.38. The average Bonchev–Trinajstić information content (AvgIpc) is 2.43. The molecule has 0 amide bonds. The van der Waals surface area contributed by atoms with Crippen LogP contribution in [0.4, 0.5) is 5.82 Å². The average molecular weight is 352 g/mol. The summed E-state index contributed by atoms with van der Waals surface area (Å²) in [6.45, 7) is 4.33. The first-order valence-electron chi connectivity index (χ1n) is 6.59. The van der Waals surface area contributed by atoms with Crippen molar-refractivity contribution < 1.29 is 9.47 Å². The first kappa shape index (κ1) is 15.7. The molecule has 0 bridgehead atoms. The number of rotatable bonds is 5. The minimum Gasteiger partial charge on any atom is -0.491 e. The molecule has 0 saturated heterocycles. The molecule has 1 aromatic carbocycles. The molecular weight excluding hydrogens is 334 g/mol.